The number of nitrogens with one attached hydrogen (secondary N) is 1. The maximum absolute atomic E-state index is 12.2. The average Bonchev–Trinajstić information content (AvgIpc) is 2.64. The van der Waals surface area contributed by atoms with Crippen molar-refractivity contribution < 1.29 is 22.7 Å². The Morgan fingerprint density at radius 3 is 2.38 bits per heavy atom. The molecule has 1 saturated carbocycles. The second-order valence-electron chi connectivity index (χ2n) is 6.50. The van der Waals surface area contributed by atoms with Crippen molar-refractivity contribution in [2.24, 2.45) is 5.92 Å². The molecule has 8 heteroatoms. The van der Waals surface area contributed by atoms with E-state index in [9.17, 15) is 13.2 Å². The van der Waals surface area contributed by atoms with Gasteiger partial charge in [-0.05, 0) is 25.0 Å². The van der Waals surface area contributed by atoms with Crippen LogP contribution in [0.2, 0.25) is 0 Å². The van der Waals surface area contributed by atoms with Gasteiger partial charge in [0.15, 0.2) is 11.5 Å². The van der Waals surface area contributed by atoms with Gasteiger partial charge in [0.05, 0.1) is 32.7 Å². The minimum Gasteiger partial charge on any atom is -0.493 e. The van der Waals surface area contributed by atoms with E-state index in [1.165, 1.54) is 24.9 Å². The Labute approximate surface area is 155 Å². The first kappa shape index (κ1) is 20.4. The number of amides is 1. The second-order valence-corrected chi connectivity index (χ2v) is 8.41. The Morgan fingerprint density at radius 2 is 1.81 bits per heavy atom. The molecular formula is C18H28N2O5S. The highest BCUT2D eigenvalue weighted by Crippen LogP contribution is 2.32. The third kappa shape index (κ3) is 5.27. The number of benzene rings is 1. The Kier molecular flexibility index (Phi) is 7.14. The Bertz CT molecular complexity index is 714. The van der Waals surface area contributed by atoms with Gasteiger partial charge in [0.1, 0.15) is 0 Å². The molecule has 7 nitrogen and oxygen atoms in total. The maximum Gasteiger partial charge on any atom is 0.232 e. The van der Waals surface area contributed by atoms with Crippen LogP contribution in [0.15, 0.2) is 18.2 Å². The monoisotopic (exact) mass is 384 g/mol. The fourth-order valence-corrected chi connectivity index (χ4v) is 4.18. The van der Waals surface area contributed by atoms with Crippen molar-refractivity contribution >= 4 is 21.6 Å². The minimum atomic E-state index is -3.50. The molecule has 0 bridgehead atoms. The van der Waals surface area contributed by atoms with Gasteiger partial charge in [-0.3, -0.25) is 9.10 Å². The molecule has 0 aromatic heterocycles. The SMILES string of the molecule is COc1ccc(N(CCNC(=O)C2CCCCC2)S(C)(=O)=O)cc1OC. The van der Waals surface area contributed by atoms with E-state index in [1.807, 2.05) is 0 Å². The molecule has 0 atom stereocenters. The van der Waals surface area contributed by atoms with Crippen LogP contribution >= 0.6 is 0 Å². The molecule has 0 saturated heterocycles. The lowest BCUT2D eigenvalue weighted by Gasteiger charge is -2.25. The van der Waals surface area contributed by atoms with Crippen LogP contribution in [-0.4, -0.2) is 47.9 Å². The summed E-state index contributed by atoms with van der Waals surface area (Å²) in [4.78, 5) is 12.2. The van der Waals surface area contributed by atoms with Crippen LogP contribution in [0.25, 0.3) is 0 Å². The number of methoxy groups -OCH3 is 2. The van der Waals surface area contributed by atoms with Gasteiger partial charge in [-0.15, -0.1) is 0 Å². The normalized spacial score (nSPS) is 15.3. The van der Waals surface area contributed by atoms with Crippen molar-refractivity contribution in [3.05, 3.63) is 18.2 Å². The molecule has 1 amide bonds. The molecule has 1 aromatic carbocycles. The first-order valence-corrected chi connectivity index (χ1v) is 10.7. The Hall–Kier alpha value is -1.96. The Morgan fingerprint density at radius 1 is 1.15 bits per heavy atom. The van der Waals surface area contributed by atoms with Crippen molar-refractivity contribution in [2.75, 3.05) is 37.9 Å². The highest BCUT2D eigenvalue weighted by atomic mass is 32.2. The van der Waals surface area contributed by atoms with E-state index < -0.39 is 10.0 Å². The van der Waals surface area contributed by atoms with Gasteiger partial charge in [-0.1, -0.05) is 19.3 Å². The third-order valence-electron chi connectivity index (χ3n) is 4.65. The number of hydrogen-bond acceptors (Lipinski definition) is 5. The molecule has 0 heterocycles. The molecule has 146 valence electrons. The summed E-state index contributed by atoms with van der Waals surface area (Å²) in [5.41, 5.74) is 0.470. The second kappa shape index (κ2) is 9.12. The van der Waals surface area contributed by atoms with Gasteiger partial charge in [0.25, 0.3) is 0 Å². The van der Waals surface area contributed by atoms with Crippen LogP contribution in [0.1, 0.15) is 32.1 Å². The maximum atomic E-state index is 12.2. The van der Waals surface area contributed by atoms with Crippen LogP contribution in [0.5, 0.6) is 11.5 Å². The summed E-state index contributed by atoms with van der Waals surface area (Å²) in [6, 6.07) is 4.93. The van der Waals surface area contributed by atoms with Crippen LogP contribution in [0.4, 0.5) is 5.69 Å². The lowest BCUT2D eigenvalue weighted by molar-refractivity contribution is -0.125. The third-order valence-corrected chi connectivity index (χ3v) is 5.84. The van der Waals surface area contributed by atoms with Gasteiger partial charge in [-0.25, -0.2) is 8.42 Å². The molecule has 0 spiro atoms. The highest BCUT2D eigenvalue weighted by molar-refractivity contribution is 7.92. The van der Waals surface area contributed by atoms with E-state index in [0.717, 1.165) is 31.9 Å². The van der Waals surface area contributed by atoms with Crippen molar-refractivity contribution in [1.82, 2.24) is 5.32 Å². The van der Waals surface area contributed by atoms with E-state index in [0.29, 0.717) is 17.2 Å². The molecule has 0 radical (unpaired) electrons. The van der Waals surface area contributed by atoms with Crippen LogP contribution in [-0.2, 0) is 14.8 Å². The number of ether oxygens (including phenoxy) is 2. The summed E-state index contributed by atoms with van der Waals surface area (Å²) >= 11 is 0. The molecular weight excluding hydrogens is 356 g/mol. The zero-order chi connectivity index (χ0) is 19.2. The topological polar surface area (TPSA) is 84.9 Å². The van der Waals surface area contributed by atoms with E-state index in [4.69, 9.17) is 9.47 Å². The minimum absolute atomic E-state index is 0.0189. The standard InChI is InChI=1S/C18H28N2O5S/c1-24-16-10-9-15(13-17(16)25-2)20(26(3,22)23)12-11-19-18(21)14-7-5-4-6-8-14/h9-10,13-14H,4-8,11-12H2,1-3H3,(H,19,21). The van der Waals surface area contributed by atoms with Crippen LogP contribution < -0.4 is 19.1 Å². The number of hydrogen-bond donors (Lipinski definition) is 1. The van der Waals surface area contributed by atoms with E-state index in [1.54, 1.807) is 18.2 Å². The number of anilines is 1. The first-order chi connectivity index (χ1) is 12.4. The number of nitrogens with zero attached hydrogens (tertiary/aromatic N) is 1. The zero-order valence-corrected chi connectivity index (χ0v) is 16.5. The number of rotatable bonds is 8. The summed E-state index contributed by atoms with van der Waals surface area (Å²) in [6.45, 7) is 0.420. The average molecular weight is 384 g/mol. The van der Waals surface area contributed by atoms with E-state index in [-0.39, 0.29) is 24.9 Å². The molecule has 1 aromatic rings. The van der Waals surface area contributed by atoms with Gasteiger partial charge in [0.2, 0.25) is 15.9 Å². The number of carbonyl (C=O) groups excluding carboxylic acids is 1. The highest BCUT2D eigenvalue weighted by Gasteiger charge is 2.22. The summed E-state index contributed by atoms with van der Waals surface area (Å²) in [6.07, 6.45) is 6.32. The van der Waals surface area contributed by atoms with Crippen molar-refractivity contribution in [3.8, 4) is 11.5 Å². The van der Waals surface area contributed by atoms with Crippen molar-refractivity contribution in [3.63, 3.8) is 0 Å². The first-order valence-electron chi connectivity index (χ1n) is 8.84. The number of sulfonamides is 1. The van der Waals surface area contributed by atoms with Crippen LogP contribution in [0.3, 0.4) is 0 Å². The quantitative estimate of drug-likeness (QED) is 0.742. The summed E-state index contributed by atoms with van der Waals surface area (Å²) in [5.74, 6) is 1.04. The predicted octanol–water partition coefficient (Wildman–Crippen LogP) is 2.17. The smallest absolute Gasteiger partial charge is 0.232 e. The predicted molar refractivity (Wildman–Crippen MR) is 101 cm³/mol. The summed E-state index contributed by atoms with van der Waals surface area (Å²) in [7, 11) is -0.482. The van der Waals surface area contributed by atoms with E-state index >= 15 is 0 Å². The van der Waals surface area contributed by atoms with Gasteiger partial charge in [-0.2, -0.15) is 0 Å². The fourth-order valence-electron chi connectivity index (χ4n) is 3.26. The van der Waals surface area contributed by atoms with Gasteiger partial charge >= 0.3 is 0 Å². The largest absolute Gasteiger partial charge is 0.493 e. The zero-order valence-electron chi connectivity index (χ0n) is 15.7. The molecule has 0 aliphatic heterocycles. The molecule has 2 rings (SSSR count). The van der Waals surface area contributed by atoms with Crippen molar-refractivity contribution in [2.45, 2.75) is 32.1 Å². The summed E-state index contributed by atoms with van der Waals surface area (Å²) in [5, 5.41) is 2.87. The lowest BCUT2D eigenvalue weighted by Crippen LogP contribution is -2.40. The molecule has 1 N–H and O–H groups in total. The fraction of sp³-hybridized carbons (Fsp3) is 0.611. The van der Waals surface area contributed by atoms with Gasteiger partial charge in [0, 0.05) is 18.5 Å². The lowest BCUT2D eigenvalue weighted by atomic mass is 9.89. The molecule has 1 aliphatic rings. The summed E-state index contributed by atoms with van der Waals surface area (Å²) < 4.78 is 36.1. The van der Waals surface area contributed by atoms with Gasteiger partial charge < -0.3 is 14.8 Å². The van der Waals surface area contributed by atoms with Crippen molar-refractivity contribution in [1.29, 1.82) is 0 Å². The molecule has 1 aliphatic carbocycles. The van der Waals surface area contributed by atoms with E-state index in [2.05, 4.69) is 5.32 Å². The molecule has 1 fully saturated rings. The molecule has 26 heavy (non-hydrogen) atoms. The molecule has 0 unspecified atom stereocenters. The van der Waals surface area contributed by atoms with Crippen LogP contribution in [0, 0.1) is 5.92 Å². The number of carbonyl (C=O) groups is 1. The Balaban J connectivity index is 2.05.